The van der Waals surface area contributed by atoms with Crippen molar-refractivity contribution in [1.82, 2.24) is 24.8 Å². The highest BCUT2D eigenvalue weighted by atomic mass is 32.2. The minimum absolute atomic E-state index is 0.324. The van der Waals surface area contributed by atoms with Gasteiger partial charge in [-0.2, -0.15) is 9.61 Å². The quantitative estimate of drug-likeness (QED) is 0.567. The second-order valence-electron chi connectivity index (χ2n) is 4.38. The highest BCUT2D eigenvalue weighted by Gasteiger charge is 2.14. The van der Waals surface area contributed by atoms with E-state index >= 15 is 0 Å². The monoisotopic (exact) mass is 317 g/mol. The average Bonchev–Trinajstić information content (AvgIpc) is 3.00. The Morgan fingerprint density at radius 2 is 2.19 bits per heavy atom. The van der Waals surface area contributed by atoms with Gasteiger partial charge in [0, 0.05) is 17.6 Å². The van der Waals surface area contributed by atoms with Gasteiger partial charge in [0.15, 0.2) is 0 Å². The number of rotatable bonds is 2. The van der Waals surface area contributed by atoms with Crippen molar-refractivity contribution in [3.63, 3.8) is 0 Å². The third-order valence-corrected chi connectivity index (χ3v) is 4.71. The Kier molecular flexibility index (Phi) is 2.86. The van der Waals surface area contributed by atoms with Crippen LogP contribution in [0.15, 0.2) is 40.5 Å². The highest BCUT2D eigenvalue weighted by Crippen LogP contribution is 2.31. The fraction of sp³-hybridized carbons (Fsp3) is 0.0769. The first-order valence-electron chi connectivity index (χ1n) is 6.12. The van der Waals surface area contributed by atoms with Crippen LogP contribution in [0.2, 0.25) is 0 Å². The number of pyridine rings is 1. The van der Waals surface area contributed by atoms with E-state index in [2.05, 4.69) is 20.3 Å². The van der Waals surface area contributed by atoms with Crippen molar-refractivity contribution >= 4 is 39.0 Å². The molecule has 3 aromatic heterocycles. The third kappa shape index (κ3) is 2.16. The lowest BCUT2D eigenvalue weighted by Gasteiger charge is -2.03. The zero-order chi connectivity index (χ0) is 14.4. The molecule has 4 rings (SSSR count). The molecule has 0 amide bonds. The van der Waals surface area contributed by atoms with E-state index in [-0.39, 0.29) is 5.82 Å². The molecule has 21 heavy (non-hydrogen) atoms. The van der Waals surface area contributed by atoms with Crippen molar-refractivity contribution in [2.45, 2.75) is 17.0 Å². The molecule has 0 bridgehead atoms. The van der Waals surface area contributed by atoms with Crippen molar-refractivity contribution in [2.24, 2.45) is 0 Å². The number of halogens is 1. The number of benzene rings is 1. The summed E-state index contributed by atoms with van der Waals surface area (Å²) in [5.74, 6) is -0.324. The van der Waals surface area contributed by atoms with Gasteiger partial charge in [-0.1, -0.05) is 17.4 Å². The summed E-state index contributed by atoms with van der Waals surface area (Å²) < 4.78 is 15.8. The molecule has 0 saturated carbocycles. The second-order valence-corrected chi connectivity index (χ2v) is 6.55. The molecule has 104 valence electrons. The molecule has 0 fully saturated rings. The van der Waals surface area contributed by atoms with Crippen molar-refractivity contribution in [1.29, 1.82) is 0 Å². The maximum absolute atomic E-state index is 14.2. The van der Waals surface area contributed by atoms with Crippen LogP contribution in [0.5, 0.6) is 0 Å². The van der Waals surface area contributed by atoms with E-state index in [0.29, 0.717) is 20.5 Å². The molecule has 0 saturated heterocycles. The molecule has 0 aliphatic rings. The Morgan fingerprint density at radius 1 is 1.29 bits per heavy atom. The summed E-state index contributed by atoms with van der Waals surface area (Å²) in [4.78, 5) is 5.33. The Hall–Kier alpha value is -2.06. The molecule has 0 spiro atoms. The normalized spacial score (nSPS) is 11.5. The molecule has 8 heteroatoms. The van der Waals surface area contributed by atoms with Crippen molar-refractivity contribution in [2.75, 3.05) is 0 Å². The van der Waals surface area contributed by atoms with Gasteiger partial charge < -0.3 is 0 Å². The van der Waals surface area contributed by atoms with Crippen LogP contribution in [0.3, 0.4) is 0 Å². The van der Waals surface area contributed by atoms with Gasteiger partial charge in [-0.25, -0.2) is 4.39 Å². The van der Waals surface area contributed by atoms with Crippen LogP contribution in [-0.2, 0) is 0 Å². The van der Waals surface area contributed by atoms with Crippen molar-refractivity contribution < 1.29 is 4.39 Å². The zero-order valence-electron chi connectivity index (χ0n) is 10.8. The van der Waals surface area contributed by atoms with E-state index < -0.39 is 0 Å². The summed E-state index contributed by atoms with van der Waals surface area (Å²) in [7, 11) is 0. The van der Waals surface area contributed by atoms with E-state index in [0.717, 1.165) is 10.4 Å². The fourth-order valence-electron chi connectivity index (χ4n) is 2.01. The maximum Gasteiger partial charge on any atom is 0.235 e. The van der Waals surface area contributed by atoms with Gasteiger partial charge in [-0.05, 0) is 30.8 Å². The molecule has 4 aromatic rings. The molecule has 0 radical (unpaired) electrons. The molecule has 0 atom stereocenters. The summed E-state index contributed by atoms with van der Waals surface area (Å²) in [6.45, 7) is 1.90. The second kappa shape index (κ2) is 4.74. The smallest absolute Gasteiger partial charge is 0.235 e. The first-order chi connectivity index (χ1) is 10.2. The lowest BCUT2D eigenvalue weighted by Crippen LogP contribution is -1.90. The van der Waals surface area contributed by atoms with Crippen molar-refractivity contribution in [3.05, 3.63) is 41.3 Å². The first kappa shape index (κ1) is 12.7. The predicted octanol–water partition coefficient (Wildman–Crippen LogP) is 3.33. The van der Waals surface area contributed by atoms with E-state index in [1.807, 2.05) is 19.1 Å². The van der Waals surface area contributed by atoms with E-state index in [1.165, 1.54) is 29.2 Å². The molecule has 1 aromatic carbocycles. The summed E-state index contributed by atoms with van der Waals surface area (Å²) >= 11 is 2.66. The number of aryl methyl sites for hydroxylation is 1. The van der Waals surface area contributed by atoms with Crippen LogP contribution in [0.25, 0.3) is 15.9 Å². The molecule has 3 heterocycles. The molecular formula is C13H8FN5S2. The summed E-state index contributed by atoms with van der Waals surface area (Å²) in [5, 5.41) is 14.7. The highest BCUT2D eigenvalue weighted by molar-refractivity contribution is 7.99. The van der Waals surface area contributed by atoms with Crippen LogP contribution in [0.1, 0.15) is 5.01 Å². The predicted molar refractivity (Wildman–Crippen MR) is 79.2 cm³/mol. The van der Waals surface area contributed by atoms with E-state index in [9.17, 15) is 4.39 Å². The van der Waals surface area contributed by atoms with Gasteiger partial charge in [0.05, 0.1) is 10.4 Å². The van der Waals surface area contributed by atoms with Gasteiger partial charge in [0.25, 0.3) is 0 Å². The topological polar surface area (TPSA) is 56.0 Å². The van der Waals surface area contributed by atoms with Gasteiger partial charge >= 0.3 is 0 Å². The first-order valence-corrected chi connectivity index (χ1v) is 7.75. The van der Waals surface area contributed by atoms with Crippen molar-refractivity contribution in [3.8, 4) is 0 Å². The minimum Gasteiger partial charge on any atom is -0.256 e. The number of aromatic nitrogens is 5. The summed E-state index contributed by atoms with van der Waals surface area (Å²) in [5.41, 5.74) is 0.634. The Bertz CT molecular complexity index is 962. The van der Waals surface area contributed by atoms with Gasteiger partial charge in [0.2, 0.25) is 10.1 Å². The number of fused-ring (bicyclic) bond motifs is 2. The Morgan fingerprint density at radius 3 is 3.10 bits per heavy atom. The van der Waals surface area contributed by atoms with Crippen LogP contribution in [-0.4, -0.2) is 24.8 Å². The zero-order valence-corrected chi connectivity index (χ0v) is 12.5. The van der Waals surface area contributed by atoms with Gasteiger partial charge in [-0.3, -0.25) is 4.98 Å². The molecule has 0 aliphatic heterocycles. The minimum atomic E-state index is -0.324. The molecule has 0 unspecified atom stereocenters. The molecule has 0 N–H and O–H groups in total. The SMILES string of the molecule is Cc1nn2c(Sc3cc4cccnc4cc3F)nnc2s1. The lowest BCUT2D eigenvalue weighted by atomic mass is 10.2. The summed E-state index contributed by atoms with van der Waals surface area (Å²) in [6, 6.07) is 6.93. The van der Waals surface area contributed by atoms with Gasteiger partial charge in [0.1, 0.15) is 10.8 Å². The van der Waals surface area contributed by atoms with Crippen LogP contribution in [0, 0.1) is 12.7 Å². The third-order valence-electron chi connectivity index (χ3n) is 2.92. The van der Waals surface area contributed by atoms with Crippen LogP contribution < -0.4 is 0 Å². The lowest BCUT2D eigenvalue weighted by molar-refractivity contribution is 0.603. The van der Waals surface area contributed by atoms with E-state index in [4.69, 9.17) is 0 Å². The fourth-order valence-corrected chi connectivity index (χ4v) is 3.58. The van der Waals surface area contributed by atoms with E-state index in [1.54, 1.807) is 16.8 Å². The average molecular weight is 317 g/mol. The maximum atomic E-state index is 14.2. The summed E-state index contributed by atoms with van der Waals surface area (Å²) in [6.07, 6.45) is 1.65. The standard InChI is InChI=1S/C13H8FN5S2/c1-7-18-19-12(20-7)16-17-13(19)21-11-5-8-3-2-4-15-10(8)6-9(11)14/h2-6H,1H3. The number of hydrogen-bond acceptors (Lipinski definition) is 6. The molecule has 5 nitrogen and oxygen atoms in total. The molecule has 0 aliphatic carbocycles. The largest absolute Gasteiger partial charge is 0.256 e. The van der Waals surface area contributed by atoms with Crippen LogP contribution >= 0.6 is 23.1 Å². The number of nitrogens with zero attached hydrogens (tertiary/aromatic N) is 5. The van der Waals surface area contributed by atoms with Gasteiger partial charge in [-0.15, -0.1) is 10.2 Å². The molecular weight excluding hydrogens is 309 g/mol. The van der Waals surface area contributed by atoms with Crippen LogP contribution in [0.4, 0.5) is 4.39 Å². The Labute approximate surface area is 126 Å². The Balaban J connectivity index is 1.81. The number of hydrogen-bond donors (Lipinski definition) is 0.